The highest BCUT2D eigenvalue weighted by atomic mass is 16.5. The Kier molecular flexibility index (Phi) is 3.65. The first-order chi connectivity index (χ1) is 11.7. The van der Waals surface area contributed by atoms with Gasteiger partial charge in [-0.2, -0.15) is 5.10 Å². The van der Waals surface area contributed by atoms with Gasteiger partial charge in [-0.1, -0.05) is 18.2 Å². The molecule has 1 aliphatic rings. The van der Waals surface area contributed by atoms with E-state index in [2.05, 4.69) is 15.4 Å². The number of hydrogen-bond acceptors (Lipinski definition) is 4. The summed E-state index contributed by atoms with van der Waals surface area (Å²) in [5.41, 5.74) is 1.96. The lowest BCUT2D eigenvalue weighted by Crippen LogP contribution is -2.12. The van der Waals surface area contributed by atoms with Crippen molar-refractivity contribution in [2.45, 2.75) is 19.4 Å². The van der Waals surface area contributed by atoms with Gasteiger partial charge < -0.3 is 10.1 Å². The fourth-order valence-corrected chi connectivity index (χ4v) is 2.73. The number of para-hydroxylation sites is 1. The van der Waals surface area contributed by atoms with Crippen molar-refractivity contribution in [2.24, 2.45) is 5.92 Å². The Morgan fingerprint density at radius 2 is 2.21 bits per heavy atom. The van der Waals surface area contributed by atoms with E-state index in [9.17, 15) is 4.79 Å². The molecular formula is C18H18N4O2. The van der Waals surface area contributed by atoms with Crippen molar-refractivity contribution >= 4 is 22.5 Å². The van der Waals surface area contributed by atoms with Crippen LogP contribution >= 0.6 is 0 Å². The molecule has 1 saturated carbocycles. The van der Waals surface area contributed by atoms with E-state index in [-0.39, 0.29) is 5.91 Å². The third-order valence-corrected chi connectivity index (χ3v) is 4.18. The Hall–Kier alpha value is -2.89. The normalized spacial score (nSPS) is 13.9. The van der Waals surface area contributed by atoms with E-state index in [0.717, 1.165) is 23.4 Å². The highest BCUT2D eigenvalue weighted by Crippen LogP contribution is 2.30. The fraction of sp³-hybridized carbons (Fsp3) is 0.278. The van der Waals surface area contributed by atoms with Gasteiger partial charge in [-0.15, -0.1) is 0 Å². The quantitative estimate of drug-likeness (QED) is 0.783. The van der Waals surface area contributed by atoms with Crippen molar-refractivity contribution in [3.63, 3.8) is 0 Å². The molecule has 0 aliphatic heterocycles. The van der Waals surface area contributed by atoms with Gasteiger partial charge in [0, 0.05) is 24.2 Å². The Labute approximate surface area is 139 Å². The molecule has 3 aromatic rings. The first-order valence-electron chi connectivity index (χ1n) is 8.00. The minimum Gasteiger partial charge on any atom is -0.481 e. The number of nitrogens with one attached hydrogen (secondary N) is 1. The van der Waals surface area contributed by atoms with Crippen molar-refractivity contribution in [1.82, 2.24) is 14.8 Å². The van der Waals surface area contributed by atoms with Crippen LogP contribution in [0.1, 0.15) is 23.2 Å². The highest BCUT2D eigenvalue weighted by molar-refractivity contribution is 6.12. The molecule has 1 fully saturated rings. The summed E-state index contributed by atoms with van der Waals surface area (Å²) in [6.07, 6.45) is 6.09. The largest absolute Gasteiger partial charge is 0.481 e. The van der Waals surface area contributed by atoms with E-state index in [0.29, 0.717) is 17.1 Å². The van der Waals surface area contributed by atoms with Crippen LogP contribution in [0.2, 0.25) is 0 Å². The van der Waals surface area contributed by atoms with E-state index >= 15 is 0 Å². The number of amides is 1. The van der Waals surface area contributed by atoms with Gasteiger partial charge >= 0.3 is 0 Å². The van der Waals surface area contributed by atoms with Gasteiger partial charge in [-0.25, -0.2) is 4.98 Å². The van der Waals surface area contributed by atoms with Gasteiger partial charge in [0.05, 0.1) is 30.1 Å². The van der Waals surface area contributed by atoms with Crippen LogP contribution in [-0.2, 0) is 6.54 Å². The van der Waals surface area contributed by atoms with Crippen molar-refractivity contribution < 1.29 is 9.53 Å². The third-order valence-electron chi connectivity index (χ3n) is 4.18. The molecule has 1 amide bonds. The smallest absolute Gasteiger partial charge is 0.256 e. The van der Waals surface area contributed by atoms with Crippen LogP contribution in [0.5, 0.6) is 5.88 Å². The van der Waals surface area contributed by atoms with Crippen LogP contribution in [0.25, 0.3) is 10.9 Å². The molecule has 1 aromatic carbocycles. The van der Waals surface area contributed by atoms with Crippen LogP contribution in [0.3, 0.4) is 0 Å². The summed E-state index contributed by atoms with van der Waals surface area (Å²) in [7, 11) is 1.54. The molecule has 0 bridgehead atoms. The van der Waals surface area contributed by atoms with Crippen LogP contribution in [0.15, 0.2) is 42.7 Å². The predicted molar refractivity (Wildman–Crippen MR) is 91.2 cm³/mol. The average Bonchev–Trinajstić information content (AvgIpc) is 3.31. The minimum atomic E-state index is -0.196. The summed E-state index contributed by atoms with van der Waals surface area (Å²) in [5.74, 6) is 0.961. The number of rotatable bonds is 5. The van der Waals surface area contributed by atoms with Gasteiger partial charge in [0.15, 0.2) is 0 Å². The Balaban J connectivity index is 1.61. The number of carbonyl (C=O) groups is 1. The third kappa shape index (κ3) is 2.95. The lowest BCUT2D eigenvalue weighted by Gasteiger charge is -2.08. The topological polar surface area (TPSA) is 69.0 Å². The van der Waals surface area contributed by atoms with Gasteiger partial charge in [0.1, 0.15) is 0 Å². The molecule has 0 spiro atoms. The summed E-state index contributed by atoms with van der Waals surface area (Å²) in [6, 6.07) is 9.18. The summed E-state index contributed by atoms with van der Waals surface area (Å²) in [5, 5.41) is 8.01. The number of nitrogens with zero attached hydrogens (tertiary/aromatic N) is 3. The molecule has 4 rings (SSSR count). The number of anilines is 1. The molecule has 0 radical (unpaired) electrons. The van der Waals surface area contributed by atoms with Gasteiger partial charge in [-0.05, 0) is 24.8 Å². The number of methoxy groups -OCH3 is 1. The summed E-state index contributed by atoms with van der Waals surface area (Å²) >= 11 is 0. The Morgan fingerprint density at radius 1 is 1.38 bits per heavy atom. The molecule has 1 N–H and O–H groups in total. The van der Waals surface area contributed by atoms with E-state index in [4.69, 9.17) is 4.74 Å². The molecule has 2 heterocycles. The molecule has 0 unspecified atom stereocenters. The molecule has 6 nitrogen and oxygen atoms in total. The molecule has 6 heteroatoms. The summed E-state index contributed by atoms with van der Waals surface area (Å²) in [6.45, 7) is 0.919. The zero-order valence-corrected chi connectivity index (χ0v) is 13.4. The lowest BCUT2D eigenvalue weighted by atomic mass is 10.1. The molecule has 122 valence electrons. The number of pyridine rings is 1. The zero-order valence-electron chi connectivity index (χ0n) is 13.4. The Bertz CT molecular complexity index is 899. The number of carbonyl (C=O) groups excluding carboxylic acids is 1. The predicted octanol–water partition coefficient (Wildman–Crippen LogP) is 3.10. The standard InChI is InChI=1S/C18H18N4O2/c1-24-17-8-15(14-4-2-3-5-16(14)21-17)18(23)20-13-9-19-22(11-13)10-12-6-7-12/h2-5,8-9,11-12H,6-7,10H2,1H3,(H,20,23). The molecule has 2 aromatic heterocycles. The lowest BCUT2D eigenvalue weighted by molar-refractivity contribution is 0.102. The second kappa shape index (κ2) is 5.96. The van der Waals surface area contributed by atoms with Crippen molar-refractivity contribution in [3.8, 4) is 5.88 Å². The first-order valence-corrected chi connectivity index (χ1v) is 8.00. The SMILES string of the molecule is COc1cc(C(=O)Nc2cnn(CC3CC3)c2)c2ccccc2n1. The monoisotopic (exact) mass is 322 g/mol. The van der Waals surface area contributed by atoms with Crippen molar-refractivity contribution in [3.05, 3.63) is 48.3 Å². The number of aromatic nitrogens is 3. The van der Waals surface area contributed by atoms with Crippen molar-refractivity contribution in [2.75, 3.05) is 12.4 Å². The average molecular weight is 322 g/mol. The van der Waals surface area contributed by atoms with E-state index in [1.807, 2.05) is 35.1 Å². The summed E-state index contributed by atoms with van der Waals surface area (Å²) in [4.78, 5) is 17.1. The maximum atomic E-state index is 12.7. The maximum Gasteiger partial charge on any atom is 0.256 e. The van der Waals surface area contributed by atoms with Gasteiger partial charge in [-0.3, -0.25) is 9.48 Å². The molecule has 24 heavy (non-hydrogen) atoms. The second-order valence-corrected chi connectivity index (χ2v) is 6.08. The first kappa shape index (κ1) is 14.7. The van der Waals surface area contributed by atoms with Gasteiger partial charge in [0.25, 0.3) is 5.91 Å². The van der Waals surface area contributed by atoms with Gasteiger partial charge in [0.2, 0.25) is 5.88 Å². The molecule has 1 aliphatic carbocycles. The van der Waals surface area contributed by atoms with Crippen molar-refractivity contribution in [1.29, 1.82) is 0 Å². The fourth-order valence-electron chi connectivity index (χ4n) is 2.73. The molecule has 0 atom stereocenters. The number of benzene rings is 1. The maximum absolute atomic E-state index is 12.7. The number of ether oxygens (including phenoxy) is 1. The van der Waals surface area contributed by atoms with Crippen LogP contribution in [0.4, 0.5) is 5.69 Å². The minimum absolute atomic E-state index is 0.196. The molecule has 0 saturated heterocycles. The second-order valence-electron chi connectivity index (χ2n) is 6.08. The summed E-state index contributed by atoms with van der Waals surface area (Å²) < 4.78 is 7.10. The van der Waals surface area contributed by atoms with Crippen LogP contribution in [0, 0.1) is 5.92 Å². The van der Waals surface area contributed by atoms with E-state index in [1.54, 1.807) is 19.4 Å². The number of hydrogen-bond donors (Lipinski definition) is 1. The van der Waals surface area contributed by atoms with E-state index in [1.165, 1.54) is 12.8 Å². The van der Waals surface area contributed by atoms with E-state index < -0.39 is 0 Å². The zero-order chi connectivity index (χ0) is 16.5. The highest BCUT2D eigenvalue weighted by Gasteiger charge is 2.22. The van der Waals surface area contributed by atoms with Crippen LogP contribution in [-0.4, -0.2) is 27.8 Å². The number of fused-ring (bicyclic) bond motifs is 1. The Morgan fingerprint density at radius 3 is 3.00 bits per heavy atom. The molecular weight excluding hydrogens is 304 g/mol. The van der Waals surface area contributed by atoms with Crippen LogP contribution < -0.4 is 10.1 Å².